The van der Waals surface area contributed by atoms with Crippen LogP contribution in [0, 0.1) is 0 Å². The van der Waals surface area contributed by atoms with Crippen molar-refractivity contribution in [1.29, 1.82) is 0 Å². The highest BCUT2D eigenvalue weighted by molar-refractivity contribution is 7.86. The van der Waals surface area contributed by atoms with Gasteiger partial charge in [-0.15, -0.1) is 0 Å². The molecular weight excluding hydrogens is 434 g/mol. The maximum atomic E-state index is 13.1. The molecule has 2 saturated heterocycles. The molecule has 10 nitrogen and oxygen atoms in total. The lowest BCUT2D eigenvalue weighted by Crippen LogP contribution is -2.57. The first-order valence-electron chi connectivity index (χ1n) is 10.7. The van der Waals surface area contributed by atoms with Gasteiger partial charge in [0.2, 0.25) is 0 Å². The van der Waals surface area contributed by atoms with E-state index in [1.54, 1.807) is 29.0 Å². The van der Waals surface area contributed by atoms with E-state index in [1.807, 2.05) is 38.1 Å². The van der Waals surface area contributed by atoms with E-state index in [2.05, 4.69) is 5.10 Å². The second-order valence-corrected chi connectivity index (χ2v) is 10.0. The molecule has 32 heavy (non-hydrogen) atoms. The van der Waals surface area contributed by atoms with Gasteiger partial charge in [-0.25, -0.2) is 4.68 Å². The molecule has 0 spiro atoms. The SMILES string of the molecule is COc1ccc(-n2ccc(C(=O)N3CCN(S(=O)(=O)N4CC(C)OC(C)C4)CC3)n2)cc1. The minimum atomic E-state index is -3.58. The van der Waals surface area contributed by atoms with Gasteiger partial charge in [0.15, 0.2) is 5.69 Å². The number of ether oxygens (including phenoxy) is 2. The summed E-state index contributed by atoms with van der Waals surface area (Å²) in [6.45, 7) is 5.59. The second kappa shape index (κ2) is 9.18. The molecule has 174 valence electrons. The van der Waals surface area contributed by atoms with E-state index in [0.29, 0.717) is 31.9 Å². The smallest absolute Gasteiger partial charge is 0.282 e. The van der Waals surface area contributed by atoms with Crippen molar-refractivity contribution in [3.8, 4) is 11.4 Å². The summed E-state index contributed by atoms with van der Waals surface area (Å²) in [7, 11) is -1.98. The highest BCUT2D eigenvalue weighted by atomic mass is 32.2. The highest BCUT2D eigenvalue weighted by Crippen LogP contribution is 2.20. The molecule has 4 rings (SSSR count). The van der Waals surface area contributed by atoms with Crippen LogP contribution in [0.4, 0.5) is 0 Å². The summed E-state index contributed by atoms with van der Waals surface area (Å²) in [6.07, 6.45) is 1.45. The number of rotatable bonds is 5. The van der Waals surface area contributed by atoms with Gasteiger partial charge in [-0.2, -0.15) is 22.1 Å². The molecule has 11 heteroatoms. The number of aromatic nitrogens is 2. The van der Waals surface area contributed by atoms with Crippen LogP contribution in [0.3, 0.4) is 0 Å². The molecular formula is C21H29N5O5S. The number of methoxy groups -OCH3 is 1. The lowest BCUT2D eigenvalue weighted by atomic mass is 10.3. The van der Waals surface area contributed by atoms with E-state index in [9.17, 15) is 13.2 Å². The average Bonchev–Trinajstić information content (AvgIpc) is 3.28. The molecule has 0 radical (unpaired) electrons. The molecule has 1 aromatic carbocycles. The number of piperazine rings is 1. The van der Waals surface area contributed by atoms with E-state index in [4.69, 9.17) is 9.47 Å². The highest BCUT2D eigenvalue weighted by Gasteiger charge is 2.37. The van der Waals surface area contributed by atoms with Gasteiger partial charge in [-0.3, -0.25) is 4.79 Å². The Kier molecular flexibility index (Phi) is 6.52. The zero-order valence-corrected chi connectivity index (χ0v) is 19.4. The fourth-order valence-electron chi connectivity index (χ4n) is 4.08. The molecule has 0 aliphatic carbocycles. The zero-order chi connectivity index (χ0) is 22.9. The van der Waals surface area contributed by atoms with Crippen molar-refractivity contribution in [3.05, 3.63) is 42.2 Å². The van der Waals surface area contributed by atoms with Gasteiger partial charge in [0.1, 0.15) is 5.75 Å². The van der Waals surface area contributed by atoms with Crippen LogP contribution >= 0.6 is 0 Å². The van der Waals surface area contributed by atoms with Crippen molar-refractivity contribution >= 4 is 16.1 Å². The number of carbonyl (C=O) groups is 1. The van der Waals surface area contributed by atoms with Crippen LogP contribution in [-0.2, 0) is 14.9 Å². The Morgan fingerprint density at radius 2 is 1.62 bits per heavy atom. The fourth-order valence-corrected chi connectivity index (χ4v) is 5.83. The van der Waals surface area contributed by atoms with Gasteiger partial charge in [-0.05, 0) is 44.2 Å². The van der Waals surface area contributed by atoms with E-state index in [0.717, 1.165) is 11.4 Å². The van der Waals surface area contributed by atoms with Gasteiger partial charge in [0.05, 0.1) is 25.0 Å². The number of hydrogen-bond donors (Lipinski definition) is 0. The van der Waals surface area contributed by atoms with Crippen LogP contribution in [0.25, 0.3) is 5.69 Å². The Morgan fingerprint density at radius 1 is 1.00 bits per heavy atom. The first-order valence-corrected chi connectivity index (χ1v) is 12.1. The van der Waals surface area contributed by atoms with Gasteiger partial charge in [0.25, 0.3) is 16.1 Å². The van der Waals surface area contributed by atoms with Gasteiger partial charge >= 0.3 is 0 Å². The average molecular weight is 464 g/mol. The van der Waals surface area contributed by atoms with E-state index in [-0.39, 0.29) is 31.2 Å². The monoisotopic (exact) mass is 463 g/mol. The summed E-state index contributed by atoms with van der Waals surface area (Å²) in [5.41, 5.74) is 1.14. The van der Waals surface area contributed by atoms with Crippen LogP contribution in [-0.4, -0.2) is 96.2 Å². The number of amides is 1. The molecule has 0 bridgehead atoms. The largest absolute Gasteiger partial charge is 0.497 e. The topological polar surface area (TPSA) is 97.2 Å². The summed E-state index contributed by atoms with van der Waals surface area (Å²) in [5.74, 6) is 0.536. The molecule has 2 aromatic rings. The van der Waals surface area contributed by atoms with E-state index < -0.39 is 10.2 Å². The maximum Gasteiger partial charge on any atom is 0.282 e. The summed E-state index contributed by atoms with van der Waals surface area (Å²) < 4.78 is 41.5. The zero-order valence-electron chi connectivity index (χ0n) is 18.5. The summed E-state index contributed by atoms with van der Waals surface area (Å²) in [6, 6.07) is 9.04. The first kappa shape index (κ1) is 22.7. The third-order valence-corrected chi connectivity index (χ3v) is 7.68. The third-order valence-electron chi connectivity index (χ3n) is 5.71. The predicted octanol–water partition coefficient (Wildman–Crippen LogP) is 0.993. The minimum absolute atomic E-state index is 0.141. The van der Waals surface area contributed by atoms with E-state index in [1.165, 1.54) is 8.61 Å². The number of carbonyl (C=O) groups excluding carboxylic acids is 1. The predicted molar refractivity (Wildman–Crippen MR) is 118 cm³/mol. The normalized spacial score (nSPS) is 23.3. The third kappa shape index (κ3) is 4.65. The Bertz CT molecular complexity index is 1040. The number of nitrogens with zero attached hydrogens (tertiary/aromatic N) is 5. The van der Waals surface area contributed by atoms with Crippen LogP contribution in [0.5, 0.6) is 5.75 Å². The quantitative estimate of drug-likeness (QED) is 0.656. The van der Waals surface area contributed by atoms with Gasteiger partial charge < -0.3 is 14.4 Å². The Labute approximate surface area is 188 Å². The molecule has 0 saturated carbocycles. The number of hydrogen-bond acceptors (Lipinski definition) is 6. The van der Waals surface area contributed by atoms with Crippen molar-refractivity contribution in [1.82, 2.24) is 23.3 Å². The van der Waals surface area contributed by atoms with Crippen molar-refractivity contribution in [3.63, 3.8) is 0 Å². The van der Waals surface area contributed by atoms with Crippen LogP contribution in [0.2, 0.25) is 0 Å². The number of morpholine rings is 1. The lowest BCUT2D eigenvalue weighted by molar-refractivity contribution is -0.0457. The fraction of sp³-hybridized carbons (Fsp3) is 0.524. The molecule has 2 fully saturated rings. The second-order valence-electron chi connectivity index (χ2n) is 8.12. The molecule has 1 amide bonds. The van der Waals surface area contributed by atoms with E-state index >= 15 is 0 Å². The molecule has 2 aliphatic rings. The Hall–Kier alpha value is -2.47. The minimum Gasteiger partial charge on any atom is -0.497 e. The van der Waals surface area contributed by atoms with Crippen molar-refractivity contribution in [2.24, 2.45) is 0 Å². The van der Waals surface area contributed by atoms with Crippen LogP contribution < -0.4 is 4.74 Å². The molecule has 2 atom stereocenters. The summed E-state index contributed by atoms with van der Waals surface area (Å²) in [5, 5.41) is 4.40. The molecule has 2 unspecified atom stereocenters. The first-order chi connectivity index (χ1) is 15.3. The lowest BCUT2D eigenvalue weighted by Gasteiger charge is -2.40. The number of benzene rings is 1. The summed E-state index contributed by atoms with van der Waals surface area (Å²) >= 11 is 0. The van der Waals surface area contributed by atoms with Crippen molar-refractivity contribution < 1.29 is 22.7 Å². The standard InChI is InChI=1S/C21H29N5O5S/c1-16-14-25(15-17(2)31-16)32(28,29)24-12-10-23(11-13-24)21(27)20-8-9-26(22-20)18-4-6-19(30-3)7-5-18/h4-9,16-17H,10-15H2,1-3H3. The molecule has 1 aromatic heterocycles. The Balaban J connectivity index is 1.38. The van der Waals surface area contributed by atoms with Gasteiger partial charge in [-0.1, -0.05) is 0 Å². The van der Waals surface area contributed by atoms with Crippen molar-refractivity contribution in [2.75, 3.05) is 46.4 Å². The van der Waals surface area contributed by atoms with Gasteiger partial charge in [0, 0.05) is 45.5 Å². The summed E-state index contributed by atoms with van der Waals surface area (Å²) in [4.78, 5) is 14.6. The van der Waals surface area contributed by atoms with Crippen LogP contribution in [0.15, 0.2) is 36.5 Å². The van der Waals surface area contributed by atoms with Crippen molar-refractivity contribution in [2.45, 2.75) is 26.1 Å². The molecule has 0 N–H and O–H groups in total. The van der Waals surface area contributed by atoms with Crippen LogP contribution in [0.1, 0.15) is 24.3 Å². The Morgan fingerprint density at radius 3 is 2.22 bits per heavy atom. The molecule has 2 aliphatic heterocycles. The molecule has 3 heterocycles. The maximum absolute atomic E-state index is 13.1.